The Balaban J connectivity index is 1.54. The van der Waals surface area contributed by atoms with Gasteiger partial charge in [-0.1, -0.05) is 56.7 Å². The van der Waals surface area contributed by atoms with E-state index in [1.54, 1.807) is 19.1 Å². The van der Waals surface area contributed by atoms with Crippen LogP contribution in [-0.2, 0) is 28.5 Å². The molecule has 2 N–H and O–H groups in total. The van der Waals surface area contributed by atoms with Crippen LogP contribution in [0.15, 0.2) is 47.1 Å². The standard InChI is InChI=1S/C33H48O8/c1-7-27-21(4)13-14-32(41-27)18-24-17-23(40-32)12-11-20(3)15-19(2)9-8-10-25-31(37-6)39-29-28(34)22(5)16-26(30(35)38-24)33(25,29)36/h8-11,16,19,21,23-24,26-29,31,34,36H,7,12-15,17-18H2,1-6H3/b9-8-,20-11-,25-10?/t19-,21-,23+,24-,26-,27+,28+,29+,31+,32+,33+/m0/s1. The molecule has 3 fully saturated rings. The van der Waals surface area contributed by atoms with Crippen LogP contribution in [0.4, 0.5) is 0 Å². The minimum atomic E-state index is -1.83. The fraction of sp³-hybridized carbons (Fsp3) is 0.727. The predicted molar refractivity (Wildman–Crippen MR) is 154 cm³/mol. The number of methoxy groups -OCH3 is 1. The third-order valence-electron chi connectivity index (χ3n) is 9.75. The van der Waals surface area contributed by atoms with Gasteiger partial charge in [0.1, 0.15) is 29.8 Å². The number of ether oxygens (including phenoxy) is 5. The molecule has 4 heterocycles. The first-order valence-electron chi connectivity index (χ1n) is 15.4. The summed E-state index contributed by atoms with van der Waals surface area (Å²) in [6.07, 6.45) is 11.2. The van der Waals surface area contributed by atoms with Crippen molar-refractivity contribution < 1.29 is 38.7 Å². The molecule has 2 bridgehead atoms. The lowest BCUT2D eigenvalue weighted by Crippen LogP contribution is -2.58. The van der Waals surface area contributed by atoms with Crippen LogP contribution < -0.4 is 0 Å². The molecule has 0 radical (unpaired) electrons. The molecule has 1 aliphatic carbocycles. The summed E-state index contributed by atoms with van der Waals surface area (Å²) in [6.45, 7) is 10.4. The summed E-state index contributed by atoms with van der Waals surface area (Å²) in [7, 11) is 1.49. The monoisotopic (exact) mass is 572 g/mol. The van der Waals surface area contributed by atoms with E-state index >= 15 is 0 Å². The smallest absolute Gasteiger partial charge is 0.316 e. The molecule has 228 valence electrons. The number of allylic oxidation sites excluding steroid dienone is 4. The van der Waals surface area contributed by atoms with Gasteiger partial charge in [-0.15, -0.1) is 0 Å². The van der Waals surface area contributed by atoms with Crippen molar-refractivity contribution in [2.24, 2.45) is 17.8 Å². The lowest BCUT2D eigenvalue weighted by atomic mass is 9.70. The molecular weight excluding hydrogens is 524 g/mol. The quantitative estimate of drug-likeness (QED) is 0.356. The second kappa shape index (κ2) is 12.1. The average Bonchev–Trinajstić information content (AvgIpc) is 3.23. The fourth-order valence-electron chi connectivity index (χ4n) is 7.45. The number of hydrogen-bond donors (Lipinski definition) is 2. The molecule has 8 nitrogen and oxygen atoms in total. The van der Waals surface area contributed by atoms with E-state index in [-0.39, 0.29) is 18.1 Å². The Morgan fingerprint density at radius 3 is 2.68 bits per heavy atom. The number of aliphatic hydroxyl groups is 2. The second-order valence-electron chi connectivity index (χ2n) is 13.0. The number of rotatable bonds is 2. The van der Waals surface area contributed by atoms with Gasteiger partial charge in [-0.3, -0.25) is 4.79 Å². The van der Waals surface area contributed by atoms with Gasteiger partial charge in [0.25, 0.3) is 0 Å². The Hall–Kier alpha value is -1.81. The lowest BCUT2D eigenvalue weighted by Gasteiger charge is -2.50. The van der Waals surface area contributed by atoms with Gasteiger partial charge in [0.05, 0.1) is 12.2 Å². The summed E-state index contributed by atoms with van der Waals surface area (Å²) in [5.74, 6) is -1.75. The maximum Gasteiger partial charge on any atom is 0.316 e. The summed E-state index contributed by atoms with van der Waals surface area (Å²) in [5.41, 5.74) is 0.378. The van der Waals surface area contributed by atoms with Gasteiger partial charge in [-0.25, -0.2) is 0 Å². The molecule has 41 heavy (non-hydrogen) atoms. The van der Waals surface area contributed by atoms with E-state index in [0.29, 0.717) is 36.3 Å². The van der Waals surface area contributed by atoms with E-state index in [9.17, 15) is 15.0 Å². The number of aliphatic hydroxyl groups excluding tert-OH is 1. The molecule has 0 aromatic carbocycles. The van der Waals surface area contributed by atoms with Crippen molar-refractivity contribution in [2.45, 2.75) is 128 Å². The molecular formula is C33H48O8. The molecule has 0 aromatic rings. The number of fused-ring (bicyclic) bond motifs is 2. The van der Waals surface area contributed by atoms with Crippen LogP contribution in [-0.4, -0.2) is 71.5 Å². The SMILES string of the molecule is CC[C@H]1O[C@]2(CC[C@@H]1C)C[C@@H]1C[C@@H](C/C=C(/C)C[C@@H](C)/C=C\C=C3[C@H](OC)O[C@@H]4[C@H](O)C(C)=C[C@@H](C(=O)O1)[C@]34O)O2. The summed E-state index contributed by atoms with van der Waals surface area (Å²) in [5, 5.41) is 23.3. The Kier molecular flexibility index (Phi) is 9.01. The van der Waals surface area contributed by atoms with Gasteiger partial charge in [0.15, 0.2) is 12.1 Å². The Morgan fingerprint density at radius 1 is 1.17 bits per heavy atom. The van der Waals surface area contributed by atoms with Crippen molar-refractivity contribution >= 4 is 5.97 Å². The fourth-order valence-corrected chi connectivity index (χ4v) is 7.45. The van der Waals surface area contributed by atoms with Crippen molar-refractivity contribution in [3.63, 3.8) is 0 Å². The van der Waals surface area contributed by atoms with Crippen LogP contribution in [0.3, 0.4) is 0 Å². The highest BCUT2D eigenvalue weighted by Crippen LogP contribution is 2.49. The minimum absolute atomic E-state index is 0.0859. The highest BCUT2D eigenvalue weighted by atomic mass is 16.7. The zero-order valence-electron chi connectivity index (χ0n) is 25.4. The third kappa shape index (κ3) is 5.89. The lowest BCUT2D eigenvalue weighted by molar-refractivity contribution is -0.335. The van der Waals surface area contributed by atoms with Crippen LogP contribution in [0.1, 0.15) is 79.6 Å². The highest BCUT2D eigenvalue weighted by Gasteiger charge is 2.63. The maximum atomic E-state index is 14.0. The van der Waals surface area contributed by atoms with E-state index in [0.717, 1.165) is 25.7 Å². The number of carbonyl (C=O) groups is 1. The molecule has 0 saturated carbocycles. The molecule has 1 spiro atoms. The third-order valence-corrected chi connectivity index (χ3v) is 9.75. The van der Waals surface area contributed by atoms with Gasteiger partial charge in [-0.05, 0) is 56.9 Å². The Bertz CT molecular complexity index is 1110. The first-order valence-corrected chi connectivity index (χ1v) is 15.4. The van der Waals surface area contributed by atoms with Crippen molar-refractivity contribution in [3.05, 3.63) is 47.1 Å². The van der Waals surface area contributed by atoms with Crippen LogP contribution in [0.25, 0.3) is 0 Å². The molecule has 5 rings (SSSR count). The van der Waals surface area contributed by atoms with Crippen LogP contribution in [0, 0.1) is 17.8 Å². The normalized spacial score (nSPS) is 47.5. The van der Waals surface area contributed by atoms with Crippen molar-refractivity contribution in [3.8, 4) is 0 Å². The van der Waals surface area contributed by atoms with Crippen LogP contribution >= 0.6 is 0 Å². The van der Waals surface area contributed by atoms with E-state index in [4.69, 9.17) is 23.7 Å². The Morgan fingerprint density at radius 2 is 1.95 bits per heavy atom. The largest absolute Gasteiger partial charge is 0.462 e. The Labute approximate surface area is 244 Å². The zero-order chi connectivity index (χ0) is 29.5. The van der Waals surface area contributed by atoms with Crippen molar-refractivity contribution in [1.29, 1.82) is 0 Å². The zero-order valence-corrected chi connectivity index (χ0v) is 25.4. The molecule has 3 saturated heterocycles. The van der Waals surface area contributed by atoms with Crippen LogP contribution in [0.2, 0.25) is 0 Å². The number of esters is 1. The topological polar surface area (TPSA) is 104 Å². The highest BCUT2D eigenvalue weighted by molar-refractivity contribution is 5.78. The average molecular weight is 573 g/mol. The van der Waals surface area contributed by atoms with Crippen LogP contribution in [0.5, 0.6) is 0 Å². The maximum absolute atomic E-state index is 14.0. The van der Waals surface area contributed by atoms with E-state index in [1.807, 2.05) is 6.08 Å². The summed E-state index contributed by atoms with van der Waals surface area (Å²) < 4.78 is 31.2. The van der Waals surface area contributed by atoms with Gasteiger partial charge < -0.3 is 33.9 Å². The van der Waals surface area contributed by atoms with Crippen molar-refractivity contribution in [2.75, 3.05) is 7.11 Å². The molecule has 0 amide bonds. The molecule has 11 atom stereocenters. The van der Waals surface area contributed by atoms with E-state index in [2.05, 4.69) is 39.8 Å². The minimum Gasteiger partial charge on any atom is -0.462 e. The molecule has 4 aliphatic heterocycles. The molecule has 0 aromatic heterocycles. The first-order chi connectivity index (χ1) is 19.5. The van der Waals surface area contributed by atoms with Crippen molar-refractivity contribution in [1.82, 2.24) is 0 Å². The first kappa shape index (κ1) is 30.6. The number of hydrogen-bond acceptors (Lipinski definition) is 8. The second-order valence-corrected chi connectivity index (χ2v) is 13.0. The molecule has 5 aliphatic rings. The van der Waals surface area contributed by atoms with Gasteiger partial charge in [0, 0.05) is 31.9 Å². The number of carbonyl (C=O) groups excluding carboxylic acids is 1. The van der Waals surface area contributed by atoms with Gasteiger partial charge in [-0.2, -0.15) is 0 Å². The summed E-state index contributed by atoms with van der Waals surface area (Å²) >= 11 is 0. The van der Waals surface area contributed by atoms with Gasteiger partial charge >= 0.3 is 5.97 Å². The van der Waals surface area contributed by atoms with E-state index < -0.39 is 47.9 Å². The predicted octanol–water partition coefficient (Wildman–Crippen LogP) is 4.90. The van der Waals surface area contributed by atoms with E-state index in [1.165, 1.54) is 12.7 Å². The summed E-state index contributed by atoms with van der Waals surface area (Å²) in [4.78, 5) is 14.0. The summed E-state index contributed by atoms with van der Waals surface area (Å²) in [6, 6.07) is 0. The molecule has 8 heteroatoms. The van der Waals surface area contributed by atoms with Gasteiger partial charge in [0.2, 0.25) is 0 Å². The molecule has 0 unspecified atom stereocenters.